The zero-order valence-corrected chi connectivity index (χ0v) is 10.3. The van der Waals surface area contributed by atoms with Gasteiger partial charge in [-0.2, -0.15) is 0 Å². The van der Waals surface area contributed by atoms with Crippen LogP contribution < -0.4 is 0 Å². The molecule has 0 amide bonds. The van der Waals surface area contributed by atoms with Crippen molar-refractivity contribution in [2.45, 2.75) is 33.1 Å². The molecule has 0 aliphatic heterocycles. The summed E-state index contributed by atoms with van der Waals surface area (Å²) in [7, 11) is 0. The van der Waals surface area contributed by atoms with E-state index in [-0.39, 0.29) is 51.4 Å². The molecule has 0 saturated carbocycles. The summed E-state index contributed by atoms with van der Waals surface area (Å²) >= 11 is 0. The number of hydrogen-bond donors (Lipinski definition) is 1. The van der Waals surface area contributed by atoms with E-state index in [1.807, 2.05) is 6.92 Å². The van der Waals surface area contributed by atoms with Gasteiger partial charge in [0.2, 0.25) is 0 Å². The van der Waals surface area contributed by atoms with Crippen molar-refractivity contribution in [3.63, 3.8) is 0 Å². The summed E-state index contributed by atoms with van der Waals surface area (Å²) < 4.78 is 0. The molecule has 1 aliphatic rings. The van der Waals surface area contributed by atoms with Crippen LogP contribution in [0.15, 0.2) is 11.3 Å². The van der Waals surface area contributed by atoms with E-state index in [0.29, 0.717) is 11.7 Å². The minimum Gasteiger partial charge on any atom is -0.512 e. The third-order valence-electron chi connectivity index (χ3n) is 2.25. The number of rotatable bonds is 0. The van der Waals surface area contributed by atoms with Gasteiger partial charge in [0.05, 0.1) is 5.76 Å². The molecule has 0 bridgehead atoms. The molecule has 1 aliphatic carbocycles. The fourth-order valence-electron chi connectivity index (χ4n) is 1.27. The van der Waals surface area contributed by atoms with Gasteiger partial charge < -0.3 is 5.11 Å². The van der Waals surface area contributed by atoms with Gasteiger partial charge in [-0.25, -0.2) is 0 Å². The maximum absolute atomic E-state index is 9.23. The fraction of sp³-hybridized carbons (Fsp3) is 0.750. The van der Waals surface area contributed by atoms with Crippen molar-refractivity contribution in [2.75, 3.05) is 0 Å². The van der Waals surface area contributed by atoms with Crippen molar-refractivity contribution >= 4 is 51.4 Å². The first kappa shape index (κ1) is 11.2. The van der Waals surface area contributed by atoms with Crippen LogP contribution in [0.1, 0.15) is 33.1 Å². The molecule has 2 heteroatoms. The Balaban J connectivity index is 0.000000810. The summed E-state index contributed by atoms with van der Waals surface area (Å²) in [6.45, 7) is 4.20. The van der Waals surface area contributed by atoms with Gasteiger partial charge in [0, 0.05) is 57.8 Å². The van der Waals surface area contributed by atoms with E-state index in [0.717, 1.165) is 12.8 Å². The molecule has 1 atom stereocenters. The average Bonchev–Trinajstić information content (AvgIpc) is 1.83. The van der Waals surface area contributed by atoms with Crippen molar-refractivity contribution in [1.82, 2.24) is 0 Å². The molecule has 0 aromatic heterocycles. The van der Waals surface area contributed by atoms with Crippen LogP contribution in [-0.2, 0) is 0 Å². The van der Waals surface area contributed by atoms with Gasteiger partial charge >= 0.3 is 0 Å². The first-order valence-electron chi connectivity index (χ1n) is 3.60. The van der Waals surface area contributed by atoms with E-state index in [1.165, 1.54) is 12.0 Å². The zero-order valence-electron chi connectivity index (χ0n) is 7.15. The summed E-state index contributed by atoms with van der Waals surface area (Å²) in [6.07, 6.45) is 3.30. The first-order valence-corrected chi connectivity index (χ1v) is 3.60. The Kier molecular flexibility index (Phi) is 5.52. The molecule has 0 aromatic carbocycles. The molecule has 0 fully saturated rings. The maximum Gasteiger partial charge on any atom is 0.0914 e. The molecule has 0 saturated heterocycles. The van der Waals surface area contributed by atoms with Gasteiger partial charge in [0.15, 0.2) is 0 Å². The van der Waals surface area contributed by atoms with Crippen molar-refractivity contribution < 1.29 is 5.11 Å². The Bertz CT molecular complexity index is 140. The molecule has 53 valence electrons. The molecule has 1 unspecified atom stereocenters. The van der Waals surface area contributed by atoms with Gasteiger partial charge in [-0.3, -0.25) is 0 Å². The van der Waals surface area contributed by atoms with Crippen LogP contribution in [-0.4, -0.2) is 56.5 Å². The van der Waals surface area contributed by atoms with Crippen LogP contribution in [0.4, 0.5) is 0 Å². The Morgan fingerprint density at radius 3 is 2.50 bits per heavy atom. The van der Waals surface area contributed by atoms with Crippen LogP contribution in [0.25, 0.3) is 0 Å². The van der Waals surface area contributed by atoms with Crippen LogP contribution in [0, 0.1) is 5.92 Å². The monoisotopic (exact) mass is 165 g/mol. The SMILES string of the molecule is CC1=C(O)CCCC1C.[K]. The standard InChI is InChI=1S/C8H14O.K/c1-6-4-3-5-8(9)7(6)2;/h6,9H,3-5H2,1-2H3;. The molecule has 1 radical (unpaired) electrons. The topological polar surface area (TPSA) is 20.2 Å². The number of hydrogen-bond acceptors (Lipinski definition) is 1. The Morgan fingerprint density at radius 1 is 1.50 bits per heavy atom. The van der Waals surface area contributed by atoms with Crippen LogP contribution in [0.3, 0.4) is 0 Å². The van der Waals surface area contributed by atoms with Gasteiger partial charge in [-0.05, 0) is 31.3 Å². The molecule has 0 aromatic rings. The van der Waals surface area contributed by atoms with E-state index < -0.39 is 0 Å². The largest absolute Gasteiger partial charge is 0.512 e. The minimum absolute atomic E-state index is 0. The third kappa shape index (κ3) is 2.66. The Hall–Kier alpha value is 1.18. The normalized spacial score (nSPS) is 26.0. The summed E-state index contributed by atoms with van der Waals surface area (Å²) in [5, 5.41) is 9.23. The van der Waals surface area contributed by atoms with Gasteiger partial charge in [0.25, 0.3) is 0 Å². The van der Waals surface area contributed by atoms with E-state index in [1.54, 1.807) is 0 Å². The van der Waals surface area contributed by atoms with Crippen LogP contribution in [0.2, 0.25) is 0 Å². The molecule has 1 N–H and O–H groups in total. The maximum atomic E-state index is 9.23. The van der Waals surface area contributed by atoms with E-state index in [2.05, 4.69) is 6.92 Å². The molecule has 1 nitrogen and oxygen atoms in total. The molecular formula is C8H14KO. The van der Waals surface area contributed by atoms with Gasteiger partial charge in [0.1, 0.15) is 0 Å². The molecule has 10 heavy (non-hydrogen) atoms. The summed E-state index contributed by atoms with van der Waals surface area (Å²) in [6, 6.07) is 0. The van der Waals surface area contributed by atoms with Gasteiger partial charge in [-0.15, -0.1) is 0 Å². The first-order chi connectivity index (χ1) is 4.22. The summed E-state index contributed by atoms with van der Waals surface area (Å²) in [4.78, 5) is 0. The van der Waals surface area contributed by atoms with Crippen molar-refractivity contribution in [3.05, 3.63) is 11.3 Å². The summed E-state index contributed by atoms with van der Waals surface area (Å²) in [5.74, 6) is 1.24. The smallest absolute Gasteiger partial charge is 0.0914 e. The van der Waals surface area contributed by atoms with Crippen molar-refractivity contribution in [2.24, 2.45) is 5.92 Å². The van der Waals surface area contributed by atoms with Crippen molar-refractivity contribution in [3.8, 4) is 0 Å². The number of aliphatic hydroxyl groups excluding tert-OH is 1. The quantitative estimate of drug-likeness (QED) is 0.546. The molecule has 0 heterocycles. The van der Waals surface area contributed by atoms with E-state index in [4.69, 9.17) is 0 Å². The second-order valence-corrected chi connectivity index (χ2v) is 2.92. The van der Waals surface area contributed by atoms with E-state index in [9.17, 15) is 5.11 Å². The molecule has 1 rings (SSSR count). The zero-order chi connectivity index (χ0) is 6.85. The summed E-state index contributed by atoms with van der Waals surface area (Å²) in [5.41, 5.74) is 1.20. The fourth-order valence-corrected chi connectivity index (χ4v) is 1.27. The van der Waals surface area contributed by atoms with E-state index >= 15 is 0 Å². The minimum atomic E-state index is 0. The predicted molar refractivity (Wildman–Crippen MR) is 44.1 cm³/mol. The number of aliphatic hydroxyl groups is 1. The average molecular weight is 165 g/mol. The van der Waals surface area contributed by atoms with Crippen LogP contribution >= 0.6 is 0 Å². The second-order valence-electron chi connectivity index (χ2n) is 2.92. The number of allylic oxidation sites excluding steroid dienone is 2. The van der Waals surface area contributed by atoms with Crippen LogP contribution in [0.5, 0.6) is 0 Å². The van der Waals surface area contributed by atoms with Gasteiger partial charge in [-0.1, -0.05) is 6.92 Å². The second kappa shape index (κ2) is 4.94. The molecular weight excluding hydrogens is 151 g/mol. The predicted octanol–water partition coefficient (Wildman–Crippen LogP) is 2.26. The van der Waals surface area contributed by atoms with Crippen molar-refractivity contribution in [1.29, 1.82) is 0 Å². The third-order valence-corrected chi connectivity index (χ3v) is 2.25. The Morgan fingerprint density at radius 2 is 2.10 bits per heavy atom. The molecule has 0 spiro atoms. The Labute approximate surface area is 105 Å².